The Labute approximate surface area is 119 Å². The first-order valence-corrected chi connectivity index (χ1v) is 7.04. The van der Waals surface area contributed by atoms with Gasteiger partial charge < -0.3 is 5.32 Å². The van der Waals surface area contributed by atoms with Crippen LogP contribution in [0.5, 0.6) is 0 Å². The van der Waals surface area contributed by atoms with Gasteiger partial charge in [-0.25, -0.2) is 0 Å². The lowest BCUT2D eigenvalue weighted by Crippen LogP contribution is -2.25. The maximum atomic E-state index is 12.4. The van der Waals surface area contributed by atoms with Crippen molar-refractivity contribution in [3.8, 4) is 0 Å². The fourth-order valence-corrected chi connectivity index (χ4v) is 2.53. The van der Waals surface area contributed by atoms with Gasteiger partial charge in [-0.3, -0.25) is 9.69 Å². The Balaban J connectivity index is 2.07. The first kappa shape index (κ1) is 12.7. The van der Waals surface area contributed by atoms with Crippen LogP contribution in [0, 0.1) is 0 Å². The predicted octanol–water partition coefficient (Wildman–Crippen LogP) is 3.73. The van der Waals surface area contributed by atoms with Gasteiger partial charge in [-0.1, -0.05) is 31.2 Å². The molecular weight excluding hydrogens is 248 g/mol. The van der Waals surface area contributed by atoms with Crippen LogP contribution in [0.4, 0.5) is 17.1 Å². The molecule has 0 saturated carbocycles. The molecule has 1 aliphatic heterocycles. The zero-order valence-corrected chi connectivity index (χ0v) is 11.6. The van der Waals surface area contributed by atoms with Gasteiger partial charge in [0.05, 0.1) is 11.4 Å². The van der Waals surface area contributed by atoms with Crippen molar-refractivity contribution >= 4 is 23.0 Å². The van der Waals surface area contributed by atoms with Crippen LogP contribution >= 0.6 is 0 Å². The second kappa shape index (κ2) is 5.37. The summed E-state index contributed by atoms with van der Waals surface area (Å²) >= 11 is 0. The topological polar surface area (TPSA) is 32.3 Å². The summed E-state index contributed by atoms with van der Waals surface area (Å²) in [6.07, 6.45) is 1.51. The molecule has 2 aromatic rings. The number of anilines is 3. The third kappa shape index (κ3) is 2.27. The molecule has 3 nitrogen and oxygen atoms in total. The third-order valence-corrected chi connectivity index (χ3v) is 3.65. The number of carbonyl (C=O) groups is 1. The Morgan fingerprint density at radius 2 is 1.85 bits per heavy atom. The molecule has 20 heavy (non-hydrogen) atoms. The molecule has 1 N–H and O–H groups in total. The van der Waals surface area contributed by atoms with Crippen molar-refractivity contribution in [1.82, 2.24) is 0 Å². The average molecular weight is 266 g/mol. The van der Waals surface area contributed by atoms with Gasteiger partial charge in [0.25, 0.3) is 0 Å². The highest BCUT2D eigenvalue weighted by molar-refractivity contribution is 6.04. The lowest BCUT2D eigenvalue weighted by molar-refractivity contribution is -0.117. The Morgan fingerprint density at radius 3 is 2.60 bits per heavy atom. The summed E-state index contributed by atoms with van der Waals surface area (Å²) in [6, 6.07) is 16.2. The number of carbonyl (C=O) groups excluding carboxylic acids is 1. The number of aryl methyl sites for hydroxylation is 1. The minimum atomic E-state index is 0.131. The van der Waals surface area contributed by atoms with Crippen molar-refractivity contribution in [2.45, 2.75) is 19.8 Å². The van der Waals surface area contributed by atoms with E-state index in [0.717, 1.165) is 23.5 Å². The Morgan fingerprint density at radius 1 is 1.10 bits per heavy atom. The van der Waals surface area contributed by atoms with Gasteiger partial charge in [0, 0.05) is 18.7 Å². The van der Waals surface area contributed by atoms with E-state index in [0.29, 0.717) is 13.0 Å². The first-order valence-electron chi connectivity index (χ1n) is 7.04. The molecule has 0 fully saturated rings. The fourth-order valence-electron chi connectivity index (χ4n) is 2.53. The fraction of sp³-hybridized carbons (Fsp3) is 0.235. The number of hydrogen-bond acceptors (Lipinski definition) is 2. The molecule has 0 saturated heterocycles. The lowest BCUT2D eigenvalue weighted by Gasteiger charge is -2.22. The highest BCUT2D eigenvalue weighted by Crippen LogP contribution is 2.34. The van der Waals surface area contributed by atoms with E-state index in [1.165, 1.54) is 5.56 Å². The number of rotatable bonds is 2. The monoisotopic (exact) mass is 266 g/mol. The molecule has 2 aromatic carbocycles. The van der Waals surface area contributed by atoms with Crippen molar-refractivity contribution < 1.29 is 4.79 Å². The number of amides is 1. The SMILES string of the molecule is CCc1ccc(N2C(=O)CCNc3ccccc32)cc1. The largest absolute Gasteiger partial charge is 0.383 e. The van der Waals surface area contributed by atoms with Crippen LogP contribution in [0.3, 0.4) is 0 Å². The molecule has 0 unspecified atom stereocenters. The van der Waals surface area contributed by atoms with E-state index in [2.05, 4.69) is 24.4 Å². The van der Waals surface area contributed by atoms with Crippen molar-refractivity contribution in [3.05, 3.63) is 54.1 Å². The Kier molecular flexibility index (Phi) is 3.42. The minimum absolute atomic E-state index is 0.131. The molecule has 1 heterocycles. The summed E-state index contributed by atoms with van der Waals surface area (Å²) in [6.45, 7) is 2.81. The van der Waals surface area contributed by atoms with Gasteiger partial charge in [-0.2, -0.15) is 0 Å². The second-order valence-corrected chi connectivity index (χ2v) is 4.94. The lowest BCUT2D eigenvalue weighted by atomic mass is 10.1. The molecule has 0 aromatic heterocycles. The molecule has 0 bridgehead atoms. The molecule has 3 rings (SSSR count). The standard InChI is InChI=1S/C17H18N2O/c1-2-13-7-9-14(10-8-13)19-16-6-4-3-5-15(16)18-12-11-17(19)20/h3-10,18H,2,11-12H2,1H3. The zero-order chi connectivity index (χ0) is 13.9. The molecule has 102 valence electrons. The van der Waals surface area contributed by atoms with Crippen LogP contribution in [-0.2, 0) is 11.2 Å². The van der Waals surface area contributed by atoms with Gasteiger partial charge in [0.2, 0.25) is 5.91 Å². The molecule has 1 amide bonds. The van der Waals surface area contributed by atoms with Gasteiger partial charge in [-0.15, -0.1) is 0 Å². The van der Waals surface area contributed by atoms with Crippen LogP contribution in [0.15, 0.2) is 48.5 Å². The van der Waals surface area contributed by atoms with E-state index in [1.54, 1.807) is 0 Å². The zero-order valence-electron chi connectivity index (χ0n) is 11.6. The summed E-state index contributed by atoms with van der Waals surface area (Å²) in [5.41, 5.74) is 4.16. The number of para-hydroxylation sites is 2. The molecule has 0 aliphatic carbocycles. The quantitative estimate of drug-likeness (QED) is 0.898. The summed E-state index contributed by atoms with van der Waals surface area (Å²) < 4.78 is 0. The van der Waals surface area contributed by atoms with Crippen LogP contribution in [0.25, 0.3) is 0 Å². The summed E-state index contributed by atoms with van der Waals surface area (Å²) in [7, 11) is 0. The highest BCUT2D eigenvalue weighted by Gasteiger charge is 2.22. The molecular formula is C17H18N2O. The Bertz CT molecular complexity index is 619. The number of nitrogens with zero attached hydrogens (tertiary/aromatic N) is 1. The van der Waals surface area contributed by atoms with Crippen molar-refractivity contribution in [2.75, 3.05) is 16.8 Å². The van der Waals surface area contributed by atoms with Gasteiger partial charge in [0.15, 0.2) is 0 Å². The molecule has 3 heteroatoms. The Hall–Kier alpha value is -2.29. The van der Waals surface area contributed by atoms with Crippen LogP contribution in [0.1, 0.15) is 18.9 Å². The summed E-state index contributed by atoms with van der Waals surface area (Å²) in [5.74, 6) is 0.131. The highest BCUT2D eigenvalue weighted by atomic mass is 16.2. The molecule has 0 radical (unpaired) electrons. The number of hydrogen-bond donors (Lipinski definition) is 1. The van der Waals surface area contributed by atoms with Crippen LogP contribution in [-0.4, -0.2) is 12.5 Å². The predicted molar refractivity (Wildman–Crippen MR) is 82.5 cm³/mol. The second-order valence-electron chi connectivity index (χ2n) is 4.94. The molecule has 1 aliphatic rings. The molecule has 0 atom stereocenters. The number of benzene rings is 2. The first-order chi connectivity index (χ1) is 9.79. The van der Waals surface area contributed by atoms with Gasteiger partial charge >= 0.3 is 0 Å². The van der Waals surface area contributed by atoms with E-state index in [1.807, 2.05) is 41.3 Å². The summed E-state index contributed by atoms with van der Waals surface area (Å²) in [4.78, 5) is 14.2. The van der Waals surface area contributed by atoms with E-state index in [9.17, 15) is 4.79 Å². The third-order valence-electron chi connectivity index (χ3n) is 3.65. The summed E-state index contributed by atoms with van der Waals surface area (Å²) in [5, 5.41) is 3.32. The van der Waals surface area contributed by atoms with E-state index in [-0.39, 0.29) is 5.91 Å². The number of nitrogens with one attached hydrogen (secondary N) is 1. The number of fused-ring (bicyclic) bond motifs is 1. The minimum Gasteiger partial charge on any atom is -0.383 e. The average Bonchev–Trinajstić information content (AvgIpc) is 2.66. The molecule has 0 spiro atoms. The van der Waals surface area contributed by atoms with Crippen LogP contribution < -0.4 is 10.2 Å². The van der Waals surface area contributed by atoms with E-state index in [4.69, 9.17) is 0 Å². The van der Waals surface area contributed by atoms with E-state index >= 15 is 0 Å². The maximum absolute atomic E-state index is 12.4. The normalized spacial score (nSPS) is 14.4. The van der Waals surface area contributed by atoms with E-state index < -0.39 is 0 Å². The van der Waals surface area contributed by atoms with Crippen molar-refractivity contribution in [1.29, 1.82) is 0 Å². The van der Waals surface area contributed by atoms with Gasteiger partial charge in [0.1, 0.15) is 0 Å². The maximum Gasteiger partial charge on any atom is 0.233 e. The van der Waals surface area contributed by atoms with Crippen molar-refractivity contribution in [3.63, 3.8) is 0 Å². The van der Waals surface area contributed by atoms with Crippen molar-refractivity contribution in [2.24, 2.45) is 0 Å². The van der Waals surface area contributed by atoms with Gasteiger partial charge in [-0.05, 0) is 36.2 Å². The smallest absolute Gasteiger partial charge is 0.233 e. The van der Waals surface area contributed by atoms with Crippen LogP contribution in [0.2, 0.25) is 0 Å².